The number of carbonyl (C=O) groups is 1. The van der Waals surface area contributed by atoms with E-state index in [1.165, 1.54) is 37.5 Å². The second kappa shape index (κ2) is 7.20. The zero-order valence-corrected chi connectivity index (χ0v) is 18.0. The van der Waals surface area contributed by atoms with Gasteiger partial charge in [0.25, 0.3) is 0 Å². The third-order valence-corrected chi connectivity index (χ3v) is 8.96. The number of hydrogen-bond acceptors (Lipinski definition) is 5. The van der Waals surface area contributed by atoms with Crippen LogP contribution in [-0.2, 0) is 15.5 Å². The highest BCUT2D eigenvalue weighted by Gasteiger charge is 2.57. The number of piperidine rings is 1. The lowest BCUT2D eigenvalue weighted by Gasteiger charge is -2.58. The van der Waals surface area contributed by atoms with Crippen LogP contribution in [0.2, 0.25) is 0 Å². The smallest absolute Gasteiger partial charge is 0.376 e. The average molecular weight is 458 g/mol. The summed E-state index contributed by atoms with van der Waals surface area (Å²) in [6.45, 7) is 1.72. The van der Waals surface area contributed by atoms with Crippen LogP contribution in [0.15, 0.2) is 18.2 Å². The summed E-state index contributed by atoms with van der Waals surface area (Å²) in [4.78, 5) is 15.9. The summed E-state index contributed by atoms with van der Waals surface area (Å²) in [6.07, 6.45) is 8.28. The number of benzene rings is 1. The first-order valence-corrected chi connectivity index (χ1v) is 12.5. The van der Waals surface area contributed by atoms with Crippen LogP contribution < -0.4 is 4.18 Å². The molecule has 2 saturated carbocycles. The Labute approximate surface area is 180 Å². The van der Waals surface area contributed by atoms with Crippen LogP contribution in [0.5, 0.6) is 5.75 Å². The summed E-state index contributed by atoms with van der Waals surface area (Å²) in [5.41, 5.74) is -4.61. The highest BCUT2D eigenvalue weighted by molar-refractivity contribution is 7.88. The van der Waals surface area contributed by atoms with Crippen molar-refractivity contribution in [3.63, 3.8) is 0 Å². The van der Waals surface area contributed by atoms with Crippen molar-refractivity contribution in [3.05, 3.63) is 29.3 Å². The molecule has 3 aliphatic carbocycles. The third-order valence-electron chi connectivity index (χ3n) is 7.99. The maximum atomic E-state index is 13.6. The molecule has 1 aliphatic heterocycles. The summed E-state index contributed by atoms with van der Waals surface area (Å²) < 4.78 is 65.8. The minimum atomic E-state index is -5.76. The lowest BCUT2D eigenvalue weighted by Crippen LogP contribution is -2.64. The largest absolute Gasteiger partial charge is 0.534 e. The molecule has 1 saturated heterocycles. The number of carbonyl (C=O) groups excluding carboxylic acids is 1. The molecule has 170 valence electrons. The molecule has 3 fully saturated rings. The van der Waals surface area contributed by atoms with E-state index in [-0.39, 0.29) is 28.9 Å². The van der Waals surface area contributed by atoms with Crippen molar-refractivity contribution in [1.29, 1.82) is 0 Å². The van der Waals surface area contributed by atoms with Gasteiger partial charge in [0.15, 0.2) is 5.78 Å². The minimum absolute atomic E-state index is 0.0155. The van der Waals surface area contributed by atoms with Gasteiger partial charge < -0.3 is 4.18 Å². The molecule has 0 unspecified atom stereocenters. The molecule has 3 atom stereocenters. The van der Waals surface area contributed by atoms with Crippen molar-refractivity contribution in [2.24, 2.45) is 11.8 Å². The van der Waals surface area contributed by atoms with Crippen LogP contribution in [0.25, 0.3) is 0 Å². The molecule has 4 aliphatic rings. The van der Waals surface area contributed by atoms with Crippen molar-refractivity contribution in [2.75, 3.05) is 13.1 Å². The first-order valence-electron chi connectivity index (χ1n) is 11.1. The van der Waals surface area contributed by atoms with Gasteiger partial charge in [0.2, 0.25) is 0 Å². The zero-order chi connectivity index (χ0) is 22.0. The summed E-state index contributed by atoms with van der Waals surface area (Å²) in [5, 5.41) is 0. The third kappa shape index (κ3) is 3.30. The highest BCUT2D eigenvalue weighted by atomic mass is 32.2. The first-order chi connectivity index (χ1) is 14.6. The number of alkyl halides is 3. The van der Waals surface area contributed by atoms with Gasteiger partial charge in [-0.1, -0.05) is 19.3 Å². The molecule has 9 heteroatoms. The summed E-state index contributed by atoms with van der Waals surface area (Å²) in [5.74, 6) is 0.401. The lowest BCUT2D eigenvalue weighted by molar-refractivity contribution is -0.0500. The quantitative estimate of drug-likeness (QED) is 0.495. The van der Waals surface area contributed by atoms with Gasteiger partial charge in [-0.25, -0.2) is 0 Å². The molecule has 5 rings (SSSR count). The van der Waals surface area contributed by atoms with Crippen molar-refractivity contribution in [3.8, 4) is 5.75 Å². The molecule has 1 aromatic rings. The highest BCUT2D eigenvalue weighted by Crippen LogP contribution is 2.56. The van der Waals surface area contributed by atoms with Crippen LogP contribution in [0.4, 0.5) is 13.2 Å². The molecule has 31 heavy (non-hydrogen) atoms. The summed E-state index contributed by atoms with van der Waals surface area (Å²) in [6, 6.07) is 3.83. The molecule has 1 aromatic carbocycles. The Morgan fingerprint density at radius 3 is 2.55 bits per heavy atom. The van der Waals surface area contributed by atoms with E-state index in [4.69, 9.17) is 0 Å². The van der Waals surface area contributed by atoms with Gasteiger partial charge in [-0.3, -0.25) is 9.69 Å². The Morgan fingerprint density at radius 2 is 1.87 bits per heavy atom. The molecule has 0 aromatic heterocycles. The molecule has 0 radical (unpaired) electrons. The number of ketones is 1. The van der Waals surface area contributed by atoms with Gasteiger partial charge in [-0.05, 0) is 74.2 Å². The van der Waals surface area contributed by atoms with Crippen molar-refractivity contribution in [1.82, 2.24) is 4.90 Å². The van der Waals surface area contributed by atoms with Crippen LogP contribution in [0.3, 0.4) is 0 Å². The first kappa shape index (κ1) is 21.2. The lowest BCUT2D eigenvalue weighted by atomic mass is 9.52. The Morgan fingerprint density at radius 1 is 1.10 bits per heavy atom. The number of likely N-dealkylation sites (tertiary alicyclic amines) is 1. The van der Waals surface area contributed by atoms with Crippen molar-refractivity contribution < 1.29 is 30.6 Å². The predicted octanol–water partition coefficient (Wildman–Crippen LogP) is 4.41. The Bertz CT molecular complexity index is 1000. The molecule has 5 nitrogen and oxygen atoms in total. The van der Waals surface area contributed by atoms with Crippen molar-refractivity contribution >= 4 is 15.9 Å². The number of rotatable bonds is 4. The normalized spacial score (nSPS) is 31.5. The molecular formula is C22H26F3NO4S. The maximum Gasteiger partial charge on any atom is 0.534 e. The van der Waals surface area contributed by atoms with Crippen molar-refractivity contribution in [2.45, 2.75) is 68.3 Å². The van der Waals surface area contributed by atoms with E-state index in [0.717, 1.165) is 45.2 Å². The van der Waals surface area contributed by atoms with E-state index >= 15 is 0 Å². The van der Waals surface area contributed by atoms with Gasteiger partial charge in [0.1, 0.15) is 5.75 Å². The number of hydrogen-bond donors (Lipinski definition) is 0. The van der Waals surface area contributed by atoms with Gasteiger partial charge in [-0.15, -0.1) is 0 Å². The fourth-order valence-corrected chi connectivity index (χ4v) is 6.79. The van der Waals surface area contributed by atoms with Crippen LogP contribution in [0.1, 0.15) is 67.3 Å². The molecule has 2 bridgehead atoms. The van der Waals surface area contributed by atoms with Gasteiger partial charge in [-0.2, -0.15) is 21.6 Å². The number of halogens is 3. The summed E-state index contributed by atoms with van der Waals surface area (Å²) in [7, 11) is -5.76. The SMILES string of the molecule is O=C1c2ccc(OS(=O)(=O)C(F)(F)F)cc2[C@]23CCCC[C@H]2[C@H]1N(CC1CCC1)CC3. The standard InChI is InChI=1S/C22H26F3NO4S/c23-22(24,25)31(28,29)30-15-7-8-16-18(12-15)21-9-2-1-6-17(21)19(20(16)27)26(11-10-21)13-14-4-3-5-14/h7-8,12,14,17,19H,1-6,9-11,13H2/t17-,19+,21-/m0/s1. The average Bonchev–Trinajstić information content (AvgIpc) is 2.68. The second-order valence-electron chi connectivity index (χ2n) is 9.55. The molecular weight excluding hydrogens is 431 g/mol. The fraction of sp³-hybridized carbons (Fsp3) is 0.682. The van der Waals surface area contributed by atoms with E-state index in [2.05, 4.69) is 9.08 Å². The monoisotopic (exact) mass is 457 g/mol. The van der Waals surface area contributed by atoms with Crippen LogP contribution >= 0.6 is 0 Å². The van der Waals surface area contributed by atoms with Crippen LogP contribution in [-0.4, -0.2) is 43.7 Å². The van der Waals surface area contributed by atoms with E-state index in [1.54, 1.807) is 0 Å². The maximum absolute atomic E-state index is 13.6. The van der Waals surface area contributed by atoms with Crippen LogP contribution in [0, 0.1) is 11.8 Å². The predicted molar refractivity (Wildman–Crippen MR) is 107 cm³/mol. The zero-order valence-electron chi connectivity index (χ0n) is 17.2. The number of Topliss-reactive ketones (excluding diaryl/α,β-unsaturated/α-hetero) is 1. The number of fused-ring (bicyclic) bond motifs is 1. The van der Waals surface area contributed by atoms with E-state index < -0.39 is 15.6 Å². The fourth-order valence-electron chi connectivity index (χ4n) is 6.34. The Kier molecular flexibility index (Phi) is 4.93. The Balaban J connectivity index is 1.54. The molecule has 1 heterocycles. The van der Waals surface area contributed by atoms with Gasteiger partial charge in [0, 0.05) is 17.5 Å². The van der Waals surface area contributed by atoms with E-state index in [9.17, 15) is 26.4 Å². The topological polar surface area (TPSA) is 63.7 Å². The van der Waals surface area contributed by atoms with E-state index in [1.807, 2.05) is 0 Å². The summed E-state index contributed by atoms with van der Waals surface area (Å²) >= 11 is 0. The minimum Gasteiger partial charge on any atom is -0.376 e. The molecule has 0 amide bonds. The molecule has 0 N–H and O–H groups in total. The van der Waals surface area contributed by atoms with Gasteiger partial charge >= 0.3 is 15.6 Å². The van der Waals surface area contributed by atoms with E-state index in [0.29, 0.717) is 17.0 Å². The molecule has 0 spiro atoms. The Hall–Kier alpha value is -1.61. The second-order valence-corrected chi connectivity index (χ2v) is 11.1. The van der Waals surface area contributed by atoms with Gasteiger partial charge in [0.05, 0.1) is 6.04 Å². The number of nitrogens with zero attached hydrogens (tertiary/aromatic N) is 1.